The van der Waals surface area contributed by atoms with Crippen LogP contribution in [0.2, 0.25) is 0 Å². The number of nitrogens with zero attached hydrogens (tertiary/aromatic N) is 2. The Hall–Kier alpha value is -2.23. The number of amides is 4. The van der Waals surface area contributed by atoms with Gasteiger partial charge in [0.05, 0.1) is 16.9 Å². The van der Waals surface area contributed by atoms with E-state index < -0.39 is 29.0 Å². The van der Waals surface area contributed by atoms with Crippen LogP contribution in [-0.2, 0) is 33.6 Å². The first-order valence-corrected chi connectivity index (χ1v) is 11.8. The first-order chi connectivity index (χ1) is 14.7. The predicted octanol–water partition coefficient (Wildman–Crippen LogP) is 1.49. The Morgan fingerprint density at radius 2 is 1.61 bits per heavy atom. The van der Waals surface area contributed by atoms with Crippen LogP contribution in [0.5, 0.6) is 0 Å². The van der Waals surface area contributed by atoms with Crippen molar-refractivity contribution in [3.8, 4) is 0 Å². The number of carbonyl (C=O) groups is 6. The summed E-state index contributed by atoms with van der Waals surface area (Å²) < 4.78 is 0. The van der Waals surface area contributed by atoms with Crippen LogP contribution >= 0.6 is 11.8 Å². The van der Waals surface area contributed by atoms with Gasteiger partial charge in [0.15, 0.2) is 0 Å². The van der Waals surface area contributed by atoms with Crippen molar-refractivity contribution in [3.63, 3.8) is 0 Å². The maximum Gasteiger partial charge on any atom is 0.336 e. The summed E-state index contributed by atoms with van der Waals surface area (Å²) in [5.41, 5.74) is 0. The zero-order valence-electron chi connectivity index (χ0n) is 17.8. The molecule has 0 N–H and O–H groups in total. The van der Waals surface area contributed by atoms with Crippen LogP contribution in [-0.4, -0.2) is 62.9 Å². The molecule has 2 saturated heterocycles. The molecule has 1 unspecified atom stereocenters. The highest BCUT2D eigenvalue weighted by Gasteiger charge is 2.41. The Labute approximate surface area is 185 Å². The quantitative estimate of drug-likeness (QED) is 0.508. The highest BCUT2D eigenvalue weighted by atomic mass is 32.2. The summed E-state index contributed by atoms with van der Waals surface area (Å²) in [5, 5.41) is 0.0646. The van der Waals surface area contributed by atoms with Gasteiger partial charge in [0, 0.05) is 31.7 Å². The summed E-state index contributed by atoms with van der Waals surface area (Å²) in [7, 11) is 0. The molecule has 3 aliphatic rings. The van der Waals surface area contributed by atoms with Crippen molar-refractivity contribution in [2.75, 3.05) is 12.3 Å². The zero-order chi connectivity index (χ0) is 22.7. The van der Waals surface area contributed by atoms with E-state index in [9.17, 15) is 28.8 Å². The number of rotatable bonds is 8. The molecule has 3 fully saturated rings. The standard InChI is InChI=1S/C21H28N2O7S/c1-12(2)15(24)11-31-16-9-19(27)22(20(16)28)10-13-3-5-14(6-4-13)21(29)30-23-17(25)7-8-18(23)26/h12-14,16H,3-11H2,1-2H3. The third kappa shape index (κ3) is 5.53. The van der Waals surface area contributed by atoms with Gasteiger partial charge in [-0.1, -0.05) is 13.8 Å². The minimum atomic E-state index is -0.582. The minimum Gasteiger partial charge on any atom is -0.330 e. The van der Waals surface area contributed by atoms with Gasteiger partial charge in [0.25, 0.3) is 11.8 Å². The number of carbonyl (C=O) groups excluding carboxylic acids is 6. The van der Waals surface area contributed by atoms with Gasteiger partial charge in [-0.2, -0.15) is 0 Å². The van der Waals surface area contributed by atoms with Gasteiger partial charge in [-0.25, -0.2) is 4.79 Å². The van der Waals surface area contributed by atoms with E-state index in [1.165, 1.54) is 16.7 Å². The van der Waals surface area contributed by atoms with Crippen molar-refractivity contribution < 1.29 is 33.6 Å². The van der Waals surface area contributed by atoms with Crippen LogP contribution in [0.25, 0.3) is 0 Å². The summed E-state index contributed by atoms with van der Waals surface area (Å²) in [6, 6.07) is 0. The average Bonchev–Trinajstić information content (AvgIpc) is 3.19. The zero-order valence-corrected chi connectivity index (χ0v) is 18.7. The number of hydroxylamine groups is 2. The van der Waals surface area contributed by atoms with E-state index in [2.05, 4.69) is 0 Å². The highest BCUT2D eigenvalue weighted by Crippen LogP contribution is 2.33. The second-order valence-corrected chi connectivity index (χ2v) is 9.87. The Morgan fingerprint density at radius 3 is 2.19 bits per heavy atom. The van der Waals surface area contributed by atoms with Crippen LogP contribution in [0, 0.1) is 17.8 Å². The number of thioether (sulfide) groups is 1. The Balaban J connectivity index is 1.45. The van der Waals surface area contributed by atoms with Gasteiger partial charge in [0.2, 0.25) is 11.8 Å². The lowest BCUT2D eigenvalue weighted by atomic mass is 9.82. The lowest BCUT2D eigenvalue weighted by molar-refractivity contribution is -0.201. The monoisotopic (exact) mass is 452 g/mol. The van der Waals surface area contributed by atoms with Crippen LogP contribution in [0.15, 0.2) is 0 Å². The van der Waals surface area contributed by atoms with Crippen molar-refractivity contribution in [1.29, 1.82) is 0 Å². The molecule has 3 rings (SSSR count). The van der Waals surface area contributed by atoms with E-state index in [-0.39, 0.29) is 54.4 Å². The molecule has 2 aliphatic heterocycles. The van der Waals surface area contributed by atoms with Crippen molar-refractivity contribution in [3.05, 3.63) is 0 Å². The van der Waals surface area contributed by atoms with Crippen LogP contribution < -0.4 is 0 Å². The highest BCUT2D eigenvalue weighted by molar-refractivity contribution is 8.01. The molecule has 1 saturated carbocycles. The molecule has 1 aliphatic carbocycles. The fourth-order valence-electron chi connectivity index (χ4n) is 3.99. The molecule has 31 heavy (non-hydrogen) atoms. The number of imide groups is 2. The topological polar surface area (TPSA) is 118 Å². The van der Waals surface area contributed by atoms with Crippen LogP contribution in [0.3, 0.4) is 0 Å². The second kappa shape index (κ2) is 9.93. The lowest BCUT2D eigenvalue weighted by Crippen LogP contribution is -2.39. The summed E-state index contributed by atoms with van der Waals surface area (Å²) in [4.78, 5) is 78.6. The molecular formula is C21H28N2O7S. The normalized spacial score (nSPS) is 26.9. The minimum absolute atomic E-state index is 0.0572. The first kappa shape index (κ1) is 23.4. The maximum atomic E-state index is 12.6. The largest absolute Gasteiger partial charge is 0.336 e. The number of likely N-dealkylation sites (tertiary alicyclic amines) is 1. The maximum absolute atomic E-state index is 12.6. The van der Waals surface area contributed by atoms with Crippen molar-refractivity contribution in [2.45, 2.75) is 64.0 Å². The number of ketones is 1. The van der Waals surface area contributed by atoms with Gasteiger partial charge in [-0.3, -0.25) is 28.9 Å². The van der Waals surface area contributed by atoms with Gasteiger partial charge >= 0.3 is 5.97 Å². The van der Waals surface area contributed by atoms with E-state index in [1.54, 1.807) is 0 Å². The van der Waals surface area contributed by atoms with Gasteiger partial charge in [-0.05, 0) is 31.6 Å². The van der Waals surface area contributed by atoms with Crippen molar-refractivity contribution in [2.24, 2.45) is 17.8 Å². The Kier molecular flexibility index (Phi) is 7.51. The van der Waals surface area contributed by atoms with Gasteiger partial charge in [-0.15, -0.1) is 16.8 Å². The molecule has 0 bridgehead atoms. The SMILES string of the molecule is CC(C)C(=O)CSC1CC(=O)N(CC2CCC(C(=O)ON3C(=O)CCC3=O)CC2)C1=O. The number of Topliss-reactive ketones (excluding diaryl/α,β-unsaturated/α-hetero) is 1. The van der Waals surface area contributed by atoms with Crippen LogP contribution in [0.1, 0.15) is 58.8 Å². The molecular weight excluding hydrogens is 424 g/mol. The van der Waals surface area contributed by atoms with E-state index in [4.69, 9.17) is 4.84 Å². The lowest BCUT2D eigenvalue weighted by Gasteiger charge is -2.30. The molecule has 2 heterocycles. The third-order valence-corrected chi connectivity index (χ3v) is 7.30. The molecule has 4 amide bonds. The molecule has 0 radical (unpaired) electrons. The van der Waals surface area contributed by atoms with E-state index in [1.807, 2.05) is 13.8 Å². The Morgan fingerprint density at radius 1 is 1.00 bits per heavy atom. The molecule has 0 aromatic rings. The summed E-state index contributed by atoms with van der Waals surface area (Å²) >= 11 is 1.24. The average molecular weight is 453 g/mol. The third-order valence-electron chi connectivity index (χ3n) is 6.08. The van der Waals surface area contributed by atoms with E-state index in [0.717, 1.165) is 0 Å². The summed E-state index contributed by atoms with van der Waals surface area (Å²) in [6.07, 6.45) is 2.54. The number of hydrogen-bond donors (Lipinski definition) is 0. The van der Waals surface area contributed by atoms with Gasteiger partial charge in [0.1, 0.15) is 5.78 Å². The van der Waals surface area contributed by atoms with E-state index >= 15 is 0 Å². The summed E-state index contributed by atoms with van der Waals surface area (Å²) in [5.74, 6) is -2.16. The smallest absolute Gasteiger partial charge is 0.330 e. The fraction of sp³-hybridized carbons (Fsp3) is 0.714. The molecule has 0 aromatic carbocycles. The summed E-state index contributed by atoms with van der Waals surface area (Å²) in [6.45, 7) is 3.94. The fourth-order valence-corrected chi connectivity index (χ4v) is 5.21. The second-order valence-electron chi connectivity index (χ2n) is 8.68. The predicted molar refractivity (Wildman–Crippen MR) is 110 cm³/mol. The molecule has 0 aromatic heterocycles. The molecule has 0 spiro atoms. The first-order valence-electron chi connectivity index (χ1n) is 10.7. The molecule has 1 atom stereocenters. The van der Waals surface area contributed by atoms with Crippen molar-refractivity contribution in [1.82, 2.24) is 9.96 Å². The molecule has 170 valence electrons. The van der Waals surface area contributed by atoms with E-state index in [0.29, 0.717) is 37.3 Å². The van der Waals surface area contributed by atoms with Gasteiger partial charge < -0.3 is 4.84 Å². The van der Waals surface area contributed by atoms with Crippen LogP contribution in [0.4, 0.5) is 0 Å². The van der Waals surface area contributed by atoms with Crippen molar-refractivity contribution >= 4 is 47.1 Å². The number of hydrogen-bond acceptors (Lipinski definition) is 8. The molecule has 10 heteroatoms. The molecule has 9 nitrogen and oxygen atoms in total. The Bertz CT molecular complexity index is 773.